The summed E-state index contributed by atoms with van der Waals surface area (Å²) in [6.07, 6.45) is 0. The molecule has 0 N–H and O–H groups in total. The normalized spacial score (nSPS) is 11.0. The van der Waals surface area contributed by atoms with Crippen LogP contribution in [0.4, 0.5) is 0 Å². The van der Waals surface area contributed by atoms with E-state index in [0.29, 0.717) is 39.1 Å². The maximum Gasteiger partial charge on any atom is 0.267 e. The largest absolute Gasteiger partial charge is 0.497 e. The molecule has 0 radical (unpaired) electrons. The minimum atomic E-state index is -0.169. The molecule has 7 nitrogen and oxygen atoms in total. The van der Waals surface area contributed by atoms with Gasteiger partial charge in [-0.3, -0.25) is 9.20 Å². The molecule has 156 valence electrons. The van der Waals surface area contributed by atoms with Crippen LogP contribution in [0.1, 0.15) is 11.1 Å². The highest BCUT2D eigenvalue weighted by molar-refractivity contribution is 7.98. The predicted molar refractivity (Wildman–Crippen MR) is 123 cm³/mol. The molecule has 3 aromatic carbocycles. The molecule has 0 aliphatic heterocycles. The first-order valence-corrected chi connectivity index (χ1v) is 10.8. The van der Waals surface area contributed by atoms with E-state index in [9.17, 15) is 4.79 Å². The van der Waals surface area contributed by atoms with Crippen LogP contribution in [0, 0.1) is 11.3 Å². The van der Waals surface area contributed by atoms with E-state index in [1.165, 1.54) is 11.8 Å². The maximum atomic E-state index is 13.4. The van der Waals surface area contributed by atoms with E-state index in [1.54, 1.807) is 29.9 Å². The number of thioether (sulfide) groups is 1. The van der Waals surface area contributed by atoms with Crippen LogP contribution in [0.3, 0.4) is 0 Å². The Hall–Kier alpha value is -4.09. The molecule has 0 fully saturated rings. The van der Waals surface area contributed by atoms with Crippen molar-refractivity contribution in [2.45, 2.75) is 10.9 Å². The van der Waals surface area contributed by atoms with Crippen LogP contribution >= 0.6 is 11.8 Å². The molecule has 0 saturated heterocycles. The zero-order valence-corrected chi connectivity index (χ0v) is 17.9. The molecule has 5 rings (SSSR count). The highest BCUT2D eigenvalue weighted by atomic mass is 32.2. The average Bonchev–Trinajstić information content (AvgIpc) is 3.27. The van der Waals surface area contributed by atoms with Gasteiger partial charge in [0.15, 0.2) is 5.16 Å². The van der Waals surface area contributed by atoms with Gasteiger partial charge in [-0.1, -0.05) is 42.1 Å². The molecule has 5 aromatic rings. The fourth-order valence-electron chi connectivity index (χ4n) is 3.58. The molecular weight excluding hydrogens is 422 g/mol. The molecule has 0 aliphatic rings. The van der Waals surface area contributed by atoms with Gasteiger partial charge in [-0.25, -0.2) is 4.57 Å². The molecule has 2 aromatic heterocycles. The summed E-state index contributed by atoms with van der Waals surface area (Å²) >= 11 is 1.52. The summed E-state index contributed by atoms with van der Waals surface area (Å²) in [5.41, 5.74) is 2.92. The topological polar surface area (TPSA) is 85.2 Å². The van der Waals surface area contributed by atoms with Crippen molar-refractivity contribution in [3.63, 3.8) is 0 Å². The van der Waals surface area contributed by atoms with Crippen LogP contribution in [-0.4, -0.2) is 26.3 Å². The first-order valence-electron chi connectivity index (χ1n) is 9.85. The van der Waals surface area contributed by atoms with Crippen LogP contribution in [-0.2, 0) is 5.75 Å². The molecule has 0 saturated carbocycles. The SMILES string of the molecule is COc1cccc(-n2c(=O)c3ccccc3n3c(SCc4ccc(C#N)cc4)nnc23)c1. The molecule has 0 unspecified atom stereocenters. The molecule has 0 amide bonds. The van der Waals surface area contributed by atoms with Gasteiger partial charge < -0.3 is 4.74 Å². The van der Waals surface area contributed by atoms with E-state index in [2.05, 4.69) is 16.3 Å². The van der Waals surface area contributed by atoms with Gasteiger partial charge in [-0.05, 0) is 42.0 Å². The molecular formula is C24H17N5O2S. The Labute approximate surface area is 187 Å². The number of methoxy groups -OCH3 is 1. The number of fused-ring (bicyclic) bond motifs is 3. The number of hydrogen-bond acceptors (Lipinski definition) is 6. The lowest BCUT2D eigenvalue weighted by atomic mass is 10.2. The van der Waals surface area contributed by atoms with E-state index >= 15 is 0 Å². The molecule has 0 bridgehead atoms. The van der Waals surface area contributed by atoms with Gasteiger partial charge in [0.25, 0.3) is 5.56 Å². The molecule has 0 spiro atoms. The standard InChI is InChI=1S/C24H17N5O2S/c1-31-19-6-4-5-18(13-19)28-22(30)20-7-2-3-8-21(20)29-23(28)26-27-24(29)32-15-17-11-9-16(14-25)10-12-17/h2-13H,15H2,1H3. The molecule has 0 aliphatic carbocycles. The summed E-state index contributed by atoms with van der Waals surface area (Å²) in [7, 11) is 1.59. The van der Waals surface area contributed by atoms with Gasteiger partial charge >= 0.3 is 0 Å². The first-order chi connectivity index (χ1) is 15.7. The van der Waals surface area contributed by atoms with Crippen LogP contribution in [0.15, 0.2) is 82.7 Å². The highest BCUT2D eigenvalue weighted by Gasteiger charge is 2.18. The van der Waals surface area contributed by atoms with Crippen molar-refractivity contribution < 1.29 is 4.74 Å². The number of nitrogens with zero attached hydrogens (tertiary/aromatic N) is 5. The molecule has 2 heterocycles. The quantitative estimate of drug-likeness (QED) is 0.382. The second-order valence-electron chi connectivity index (χ2n) is 7.07. The Bertz CT molecular complexity index is 1550. The smallest absolute Gasteiger partial charge is 0.267 e. The summed E-state index contributed by atoms with van der Waals surface area (Å²) < 4.78 is 8.81. The molecule has 0 atom stereocenters. The van der Waals surface area contributed by atoms with Crippen molar-refractivity contribution in [2.24, 2.45) is 0 Å². The maximum absolute atomic E-state index is 13.4. The Morgan fingerprint density at radius 1 is 1.03 bits per heavy atom. The number of aromatic nitrogens is 4. The minimum absolute atomic E-state index is 0.169. The van der Waals surface area contributed by atoms with Crippen LogP contribution in [0.2, 0.25) is 0 Å². The van der Waals surface area contributed by atoms with Crippen LogP contribution < -0.4 is 10.3 Å². The molecule has 32 heavy (non-hydrogen) atoms. The second kappa shape index (κ2) is 8.21. The van der Waals surface area contributed by atoms with Crippen LogP contribution in [0.5, 0.6) is 5.75 Å². The van der Waals surface area contributed by atoms with Crippen molar-refractivity contribution in [3.05, 3.63) is 94.3 Å². The van der Waals surface area contributed by atoms with Crippen molar-refractivity contribution >= 4 is 28.4 Å². The zero-order chi connectivity index (χ0) is 22.1. The number of nitriles is 1. The Kier molecular flexibility index (Phi) is 5.09. The Morgan fingerprint density at radius 3 is 2.62 bits per heavy atom. The van der Waals surface area contributed by atoms with Crippen molar-refractivity contribution in [3.8, 4) is 17.5 Å². The first kappa shape index (κ1) is 19.8. The number of benzene rings is 3. The van der Waals surface area contributed by atoms with E-state index in [4.69, 9.17) is 10.00 Å². The third-order valence-corrected chi connectivity index (χ3v) is 6.16. The fraction of sp³-hybridized carbons (Fsp3) is 0.0833. The fourth-order valence-corrected chi connectivity index (χ4v) is 4.47. The number of para-hydroxylation sites is 1. The Balaban J connectivity index is 1.67. The monoisotopic (exact) mass is 439 g/mol. The highest BCUT2D eigenvalue weighted by Crippen LogP contribution is 2.26. The van der Waals surface area contributed by atoms with Crippen molar-refractivity contribution in [1.29, 1.82) is 5.26 Å². The third-order valence-electron chi connectivity index (χ3n) is 5.16. The van der Waals surface area contributed by atoms with Crippen molar-refractivity contribution in [2.75, 3.05) is 7.11 Å². The van der Waals surface area contributed by atoms with E-state index < -0.39 is 0 Å². The summed E-state index contributed by atoms with van der Waals surface area (Å²) in [5.74, 6) is 1.74. The zero-order valence-electron chi connectivity index (χ0n) is 17.1. The van der Waals surface area contributed by atoms with Gasteiger partial charge in [0, 0.05) is 11.8 Å². The van der Waals surface area contributed by atoms with Gasteiger partial charge in [-0.15, -0.1) is 10.2 Å². The lowest BCUT2D eigenvalue weighted by Crippen LogP contribution is -2.21. The van der Waals surface area contributed by atoms with Gasteiger partial charge in [0.05, 0.1) is 35.3 Å². The van der Waals surface area contributed by atoms with Crippen molar-refractivity contribution in [1.82, 2.24) is 19.2 Å². The lowest BCUT2D eigenvalue weighted by Gasteiger charge is -2.12. The van der Waals surface area contributed by atoms with Gasteiger partial charge in [0.2, 0.25) is 5.78 Å². The second-order valence-corrected chi connectivity index (χ2v) is 8.02. The third kappa shape index (κ3) is 3.39. The summed E-state index contributed by atoms with van der Waals surface area (Å²) in [6, 6.07) is 24.3. The number of ether oxygens (including phenoxy) is 1. The van der Waals surface area contributed by atoms with E-state index in [1.807, 2.05) is 59.0 Å². The summed E-state index contributed by atoms with van der Waals surface area (Å²) in [5, 5.41) is 19.0. The Morgan fingerprint density at radius 2 is 1.84 bits per heavy atom. The van der Waals surface area contributed by atoms with Crippen LogP contribution in [0.25, 0.3) is 22.4 Å². The van der Waals surface area contributed by atoms with E-state index in [0.717, 1.165) is 11.1 Å². The summed E-state index contributed by atoms with van der Waals surface area (Å²) in [4.78, 5) is 13.4. The minimum Gasteiger partial charge on any atom is -0.497 e. The van der Waals surface area contributed by atoms with E-state index in [-0.39, 0.29) is 5.56 Å². The number of rotatable bonds is 5. The lowest BCUT2D eigenvalue weighted by molar-refractivity contribution is 0.414. The molecule has 8 heteroatoms. The number of hydrogen-bond donors (Lipinski definition) is 0. The average molecular weight is 440 g/mol. The van der Waals surface area contributed by atoms with Gasteiger partial charge in [-0.2, -0.15) is 5.26 Å². The van der Waals surface area contributed by atoms with Gasteiger partial charge in [0.1, 0.15) is 5.75 Å². The summed E-state index contributed by atoms with van der Waals surface area (Å²) in [6.45, 7) is 0. The predicted octanol–water partition coefficient (Wildman–Crippen LogP) is 4.21.